The van der Waals surface area contributed by atoms with Crippen LogP contribution in [0.3, 0.4) is 0 Å². The van der Waals surface area contributed by atoms with Gasteiger partial charge < -0.3 is 4.74 Å². The third-order valence-electron chi connectivity index (χ3n) is 3.42. The number of alkyl halides is 2. The van der Waals surface area contributed by atoms with Crippen LogP contribution in [0.15, 0.2) is 17.1 Å². The molecule has 1 aromatic rings. The molecule has 18 heavy (non-hydrogen) atoms. The fourth-order valence-electron chi connectivity index (χ4n) is 2.22. The van der Waals surface area contributed by atoms with Crippen LogP contribution in [-0.2, 0) is 4.74 Å². The summed E-state index contributed by atoms with van der Waals surface area (Å²) in [7, 11) is 0. The molecule has 1 fully saturated rings. The molecule has 0 bridgehead atoms. The maximum Gasteiger partial charge on any atom is 0.350 e. The highest BCUT2D eigenvalue weighted by atomic mass is 35.5. The van der Waals surface area contributed by atoms with Crippen LogP contribution >= 0.6 is 11.6 Å². The van der Waals surface area contributed by atoms with Gasteiger partial charge in [0.25, 0.3) is 0 Å². The predicted octanol–water partition coefficient (Wildman–Crippen LogP) is 2.40. The highest BCUT2D eigenvalue weighted by Gasteiger charge is 2.55. The number of hydrogen-bond donors (Lipinski definition) is 0. The highest BCUT2D eigenvalue weighted by molar-refractivity contribution is 6.23. The van der Waals surface area contributed by atoms with Crippen molar-refractivity contribution < 1.29 is 9.13 Å². The monoisotopic (exact) mass is 274 g/mol. The summed E-state index contributed by atoms with van der Waals surface area (Å²) in [6, 6.07) is 1.63. The molecule has 0 radical (unpaired) electrons. The molecule has 4 nitrogen and oxygen atoms in total. The molecular formula is C12H16ClFN2O2. The fourth-order valence-corrected chi connectivity index (χ4v) is 2.52. The minimum Gasteiger partial charge on any atom is -0.349 e. The van der Waals surface area contributed by atoms with E-state index in [0.29, 0.717) is 12.1 Å². The Kier molecular flexibility index (Phi) is 3.47. The van der Waals surface area contributed by atoms with Crippen LogP contribution in [-0.4, -0.2) is 20.8 Å². The van der Waals surface area contributed by atoms with Crippen molar-refractivity contribution in [3.8, 4) is 0 Å². The number of halogens is 2. The van der Waals surface area contributed by atoms with Gasteiger partial charge in [-0.2, -0.15) is 4.98 Å². The summed E-state index contributed by atoms with van der Waals surface area (Å²) in [5.74, 6) is -0.484. The summed E-state index contributed by atoms with van der Waals surface area (Å²) >= 11 is 5.92. The molecule has 0 N–H and O–H groups in total. The molecule has 0 aliphatic carbocycles. The molecule has 1 aliphatic rings. The maximum atomic E-state index is 14.5. The second kappa shape index (κ2) is 4.63. The van der Waals surface area contributed by atoms with Gasteiger partial charge in [0.2, 0.25) is 5.13 Å². The number of aryl methyl sites for hydroxylation is 1. The average molecular weight is 275 g/mol. The second-order valence-corrected chi connectivity index (χ2v) is 5.24. The minimum atomic E-state index is -2.10. The first-order valence-corrected chi connectivity index (χ1v) is 6.34. The summed E-state index contributed by atoms with van der Waals surface area (Å²) in [5, 5.41) is -2.10. The smallest absolute Gasteiger partial charge is 0.349 e. The summed E-state index contributed by atoms with van der Waals surface area (Å²) in [6.45, 7) is 5.28. The van der Waals surface area contributed by atoms with E-state index in [4.69, 9.17) is 16.3 Å². The van der Waals surface area contributed by atoms with Crippen LogP contribution < -0.4 is 5.69 Å². The molecule has 0 unspecified atom stereocenters. The van der Waals surface area contributed by atoms with Crippen molar-refractivity contribution in [1.29, 1.82) is 0 Å². The Labute approximate surface area is 110 Å². The third-order valence-corrected chi connectivity index (χ3v) is 3.95. The first kappa shape index (κ1) is 13.5. The molecule has 2 heterocycles. The van der Waals surface area contributed by atoms with Crippen LogP contribution in [0, 0.1) is 12.8 Å². The molecule has 0 saturated carbocycles. The van der Waals surface area contributed by atoms with E-state index in [1.165, 1.54) is 6.20 Å². The van der Waals surface area contributed by atoms with E-state index in [-0.39, 0.29) is 6.10 Å². The van der Waals surface area contributed by atoms with E-state index >= 15 is 0 Å². The summed E-state index contributed by atoms with van der Waals surface area (Å²) in [5.41, 5.74) is 0.0278. The lowest BCUT2D eigenvalue weighted by Gasteiger charge is -2.23. The number of rotatable bonds is 2. The Morgan fingerprint density at radius 1 is 1.67 bits per heavy atom. The van der Waals surface area contributed by atoms with E-state index in [0.717, 1.165) is 4.57 Å². The second-order valence-electron chi connectivity index (χ2n) is 4.66. The number of aromatic nitrogens is 2. The Bertz CT molecular complexity index is 503. The standard InChI is InChI=1S/C12H16ClFN2O2/c1-4-9-8(3)12(13,14)10(18-9)16-6-5-7(2)15-11(16)17/h5-6,8-10H,4H2,1-3H3/t8-,9-,10-,12-/m1/s1. The van der Waals surface area contributed by atoms with Gasteiger partial charge >= 0.3 is 5.69 Å². The van der Waals surface area contributed by atoms with Gasteiger partial charge in [0.1, 0.15) is 0 Å². The van der Waals surface area contributed by atoms with Crippen LogP contribution in [0.4, 0.5) is 4.39 Å². The molecule has 1 saturated heterocycles. The first-order valence-electron chi connectivity index (χ1n) is 5.97. The number of ether oxygens (including phenoxy) is 1. The topological polar surface area (TPSA) is 44.1 Å². The van der Waals surface area contributed by atoms with Crippen molar-refractivity contribution >= 4 is 11.6 Å². The van der Waals surface area contributed by atoms with Crippen LogP contribution in [0.25, 0.3) is 0 Å². The van der Waals surface area contributed by atoms with E-state index in [1.54, 1.807) is 19.9 Å². The van der Waals surface area contributed by atoms with Crippen molar-refractivity contribution in [2.24, 2.45) is 5.92 Å². The third kappa shape index (κ3) is 2.06. The van der Waals surface area contributed by atoms with E-state index in [9.17, 15) is 9.18 Å². The molecule has 100 valence electrons. The quantitative estimate of drug-likeness (QED) is 0.778. The zero-order valence-corrected chi connectivity index (χ0v) is 11.3. The molecule has 1 aliphatic heterocycles. The minimum absolute atomic E-state index is 0.300. The molecule has 1 aromatic heterocycles. The van der Waals surface area contributed by atoms with E-state index in [2.05, 4.69) is 4.98 Å². The summed E-state index contributed by atoms with van der Waals surface area (Å²) < 4.78 is 21.2. The Balaban J connectivity index is 2.42. The van der Waals surface area contributed by atoms with Crippen molar-refractivity contribution in [1.82, 2.24) is 9.55 Å². The normalized spacial score (nSPS) is 35.9. The lowest BCUT2D eigenvalue weighted by atomic mass is 9.99. The first-order chi connectivity index (χ1) is 8.37. The largest absolute Gasteiger partial charge is 0.350 e. The molecule has 4 atom stereocenters. The molecule has 2 rings (SSSR count). The lowest BCUT2D eigenvalue weighted by Crippen LogP contribution is -2.36. The number of hydrogen-bond acceptors (Lipinski definition) is 3. The molecule has 0 spiro atoms. The fraction of sp³-hybridized carbons (Fsp3) is 0.667. The van der Waals surface area contributed by atoms with Gasteiger partial charge in [0.15, 0.2) is 6.23 Å². The number of nitrogens with zero attached hydrogens (tertiary/aromatic N) is 2. The molecule has 0 aromatic carbocycles. The van der Waals surface area contributed by atoms with Crippen molar-refractivity contribution in [2.45, 2.75) is 44.7 Å². The molecule has 6 heteroatoms. The van der Waals surface area contributed by atoms with Gasteiger partial charge in [-0.15, -0.1) is 0 Å². The van der Waals surface area contributed by atoms with E-state index < -0.39 is 23.0 Å². The van der Waals surface area contributed by atoms with Crippen LogP contribution in [0.2, 0.25) is 0 Å². The van der Waals surface area contributed by atoms with E-state index in [1.807, 2.05) is 6.92 Å². The SMILES string of the molecule is CC[C@H]1O[C@@H](n2ccc(C)nc2=O)[C@@](F)(Cl)[C@@H]1C. The average Bonchev–Trinajstić information content (AvgIpc) is 2.52. The zero-order valence-electron chi connectivity index (χ0n) is 10.6. The molecule has 0 amide bonds. The van der Waals surface area contributed by atoms with Gasteiger partial charge in [0, 0.05) is 17.8 Å². The Morgan fingerprint density at radius 3 is 2.83 bits per heavy atom. The summed E-state index contributed by atoms with van der Waals surface area (Å²) in [4.78, 5) is 15.5. The molecular weight excluding hydrogens is 259 g/mol. The van der Waals surface area contributed by atoms with Crippen LogP contribution in [0.5, 0.6) is 0 Å². The highest BCUT2D eigenvalue weighted by Crippen LogP contribution is 2.48. The van der Waals surface area contributed by atoms with Gasteiger partial charge in [-0.25, -0.2) is 9.18 Å². The van der Waals surface area contributed by atoms with Gasteiger partial charge in [-0.05, 0) is 19.4 Å². The van der Waals surface area contributed by atoms with Crippen molar-refractivity contribution in [3.63, 3.8) is 0 Å². The zero-order chi connectivity index (χ0) is 13.5. The predicted molar refractivity (Wildman–Crippen MR) is 66.3 cm³/mol. The van der Waals surface area contributed by atoms with Crippen molar-refractivity contribution in [2.75, 3.05) is 0 Å². The Hall–Kier alpha value is -0.940. The summed E-state index contributed by atoms with van der Waals surface area (Å²) in [6.07, 6.45) is 0.686. The van der Waals surface area contributed by atoms with Gasteiger partial charge in [-0.3, -0.25) is 4.57 Å². The van der Waals surface area contributed by atoms with Crippen molar-refractivity contribution in [3.05, 3.63) is 28.4 Å². The van der Waals surface area contributed by atoms with Gasteiger partial charge in [-0.1, -0.05) is 25.4 Å². The van der Waals surface area contributed by atoms with Gasteiger partial charge in [0.05, 0.1) is 6.10 Å². The maximum absolute atomic E-state index is 14.5. The van der Waals surface area contributed by atoms with Crippen LogP contribution in [0.1, 0.15) is 32.2 Å². The lowest BCUT2D eigenvalue weighted by molar-refractivity contribution is -0.0322. The Morgan fingerprint density at radius 2 is 2.33 bits per heavy atom.